The first-order chi connectivity index (χ1) is 15.0. The summed E-state index contributed by atoms with van der Waals surface area (Å²) < 4.78 is 61.7. The molecular formula is C23H30F3NO5. The van der Waals surface area contributed by atoms with Crippen molar-refractivity contribution in [3.63, 3.8) is 0 Å². The molecule has 0 radical (unpaired) electrons. The Kier molecular flexibility index (Phi) is 5.02. The van der Waals surface area contributed by atoms with E-state index in [4.69, 9.17) is 24.0 Å². The van der Waals surface area contributed by atoms with E-state index in [9.17, 15) is 13.2 Å². The van der Waals surface area contributed by atoms with Crippen LogP contribution in [0.2, 0.25) is 0 Å². The molecule has 0 amide bonds. The highest BCUT2D eigenvalue weighted by Crippen LogP contribution is 2.64. The summed E-state index contributed by atoms with van der Waals surface area (Å²) in [4.78, 5) is 11.7. The van der Waals surface area contributed by atoms with Crippen LogP contribution in [0, 0.1) is 23.7 Å². The molecule has 1 spiro atoms. The number of methoxy groups -OCH3 is 1. The molecule has 32 heavy (non-hydrogen) atoms. The zero-order valence-corrected chi connectivity index (χ0v) is 18.7. The topological polar surface area (TPSA) is 58.2 Å². The van der Waals surface area contributed by atoms with E-state index in [1.165, 1.54) is 7.11 Å². The van der Waals surface area contributed by atoms with Gasteiger partial charge < -0.3 is 19.5 Å². The number of hydrogen-bond acceptors (Lipinski definition) is 6. The fourth-order valence-electron chi connectivity index (χ4n) is 6.37. The minimum atomic E-state index is -4.71. The van der Waals surface area contributed by atoms with Crippen molar-refractivity contribution in [2.45, 2.75) is 76.0 Å². The van der Waals surface area contributed by atoms with E-state index in [1.807, 2.05) is 0 Å². The van der Waals surface area contributed by atoms with Gasteiger partial charge in [-0.25, -0.2) is 9.78 Å². The van der Waals surface area contributed by atoms with E-state index >= 15 is 0 Å². The molecule has 5 aliphatic rings. The van der Waals surface area contributed by atoms with Crippen molar-refractivity contribution in [2.24, 2.45) is 23.7 Å². The second kappa shape index (κ2) is 7.22. The van der Waals surface area contributed by atoms with Crippen molar-refractivity contribution >= 4 is 5.69 Å². The van der Waals surface area contributed by atoms with E-state index < -0.39 is 41.4 Å². The molecule has 0 aromatic heterocycles. The predicted octanol–water partition coefficient (Wildman–Crippen LogP) is 5.25. The number of nitrogens with one attached hydrogen (secondary N) is 1. The molecular weight excluding hydrogens is 427 g/mol. The van der Waals surface area contributed by atoms with Gasteiger partial charge in [0, 0.05) is 23.9 Å². The summed E-state index contributed by atoms with van der Waals surface area (Å²) in [5.41, 5.74) is -3.42. The fourth-order valence-corrected chi connectivity index (χ4v) is 6.37. The minimum absolute atomic E-state index is 0.00903. The number of fused-ring (bicyclic) bond motifs is 2. The highest BCUT2D eigenvalue weighted by Gasteiger charge is 2.76. The lowest BCUT2D eigenvalue weighted by Gasteiger charge is -2.63. The molecule has 1 unspecified atom stereocenters. The molecule has 4 heterocycles. The third kappa shape index (κ3) is 3.01. The van der Waals surface area contributed by atoms with Crippen LogP contribution >= 0.6 is 0 Å². The van der Waals surface area contributed by atoms with Gasteiger partial charge in [0.25, 0.3) is 0 Å². The lowest BCUT2D eigenvalue weighted by Crippen LogP contribution is -2.77. The molecule has 4 saturated heterocycles. The van der Waals surface area contributed by atoms with Crippen molar-refractivity contribution in [1.82, 2.24) is 0 Å². The molecule has 4 aliphatic heterocycles. The molecule has 1 aliphatic carbocycles. The van der Waals surface area contributed by atoms with Crippen molar-refractivity contribution < 1.29 is 37.2 Å². The third-order valence-corrected chi connectivity index (χ3v) is 8.15. The van der Waals surface area contributed by atoms with E-state index in [1.54, 1.807) is 38.1 Å². The molecule has 178 valence electrons. The van der Waals surface area contributed by atoms with Gasteiger partial charge in [0.05, 0.1) is 7.11 Å². The third-order valence-electron chi connectivity index (χ3n) is 8.15. The average Bonchev–Trinajstić information content (AvgIpc) is 2.97. The number of alkyl halides is 3. The summed E-state index contributed by atoms with van der Waals surface area (Å²) in [6, 6.07) is 6.34. The Bertz CT molecular complexity index is 866. The molecule has 1 aromatic carbocycles. The highest BCUT2D eigenvalue weighted by molar-refractivity contribution is 5.49. The Morgan fingerprint density at radius 2 is 1.72 bits per heavy atom. The summed E-state index contributed by atoms with van der Waals surface area (Å²) in [6.07, 6.45) is -3.22. The van der Waals surface area contributed by atoms with Crippen LogP contribution in [0.25, 0.3) is 0 Å². The van der Waals surface area contributed by atoms with E-state index in [-0.39, 0.29) is 17.5 Å². The van der Waals surface area contributed by atoms with Gasteiger partial charge in [-0.1, -0.05) is 13.8 Å². The molecule has 1 aromatic rings. The monoisotopic (exact) mass is 457 g/mol. The van der Waals surface area contributed by atoms with Crippen LogP contribution in [-0.2, 0) is 19.2 Å². The minimum Gasteiger partial charge on any atom is -0.497 e. The quantitative estimate of drug-likeness (QED) is 0.626. The van der Waals surface area contributed by atoms with Crippen molar-refractivity contribution in [2.75, 3.05) is 12.4 Å². The summed E-state index contributed by atoms with van der Waals surface area (Å²) in [7, 11) is 1.51. The maximum atomic E-state index is 14.8. The molecule has 1 saturated carbocycles. The maximum absolute atomic E-state index is 14.8. The number of rotatable bonds is 3. The largest absolute Gasteiger partial charge is 0.497 e. The fraction of sp³-hybridized carbons (Fsp3) is 0.739. The van der Waals surface area contributed by atoms with E-state index in [0.29, 0.717) is 18.6 Å². The van der Waals surface area contributed by atoms with Crippen LogP contribution in [0.15, 0.2) is 24.3 Å². The van der Waals surface area contributed by atoms with Gasteiger partial charge in [0.15, 0.2) is 11.9 Å². The number of hydrogen-bond donors (Lipinski definition) is 1. The Labute approximate surface area is 185 Å². The average molecular weight is 457 g/mol. The zero-order valence-electron chi connectivity index (χ0n) is 18.7. The lowest BCUT2D eigenvalue weighted by molar-refractivity contribution is -0.582. The van der Waals surface area contributed by atoms with Crippen LogP contribution in [0.1, 0.15) is 46.5 Å². The Morgan fingerprint density at radius 3 is 2.38 bits per heavy atom. The van der Waals surface area contributed by atoms with E-state index in [0.717, 1.165) is 12.8 Å². The number of benzene rings is 1. The van der Waals surface area contributed by atoms with Gasteiger partial charge in [-0.05, 0) is 62.3 Å². The molecule has 5 fully saturated rings. The molecule has 9 heteroatoms. The first-order valence-corrected chi connectivity index (χ1v) is 11.3. The van der Waals surface area contributed by atoms with Crippen LogP contribution < -0.4 is 10.1 Å². The lowest BCUT2D eigenvalue weighted by atomic mass is 9.56. The summed E-state index contributed by atoms with van der Waals surface area (Å²) >= 11 is 0. The Balaban J connectivity index is 1.60. The van der Waals surface area contributed by atoms with Crippen LogP contribution in [-0.4, -0.2) is 36.7 Å². The van der Waals surface area contributed by atoms with Gasteiger partial charge >= 0.3 is 6.18 Å². The Hall–Kier alpha value is -1.55. The molecule has 8 atom stereocenters. The van der Waals surface area contributed by atoms with E-state index in [2.05, 4.69) is 12.2 Å². The second-order valence-electron chi connectivity index (χ2n) is 9.90. The predicted molar refractivity (Wildman–Crippen MR) is 108 cm³/mol. The van der Waals surface area contributed by atoms with Crippen molar-refractivity contribution in [3.8, 4) is 5.75 Å². The zero-order chi connectivity index (χ0) is 22.9. The van der Waals surface area contributed by atoms with Crippen LogP contribution in [0.4, 0.5) is 18.9 Å². The standard InChI is InChI=1S/C23H30F3NO5/c1-13-5-10-18-14(2)22(23(24,25)26,27-15-6-8-16(28-4)9-7-15)30-19-21(18)17(13)11-12-20(3,29-19)31-32-21/h6-9,13-14,17-19,27H,5,10-12H2,1-4H3/t13-,14-,17+,18?,19+,20+,21-,22-/m1/s1. The smallest absolute Gasteiger partial charge is 0.436 e. The maximum Gasteiger partial charge on any atom is 0.436 e. The SMILES string of the molecule is COc1ccc(N[C@@]2(C(F)(F)F)O[C@@H]3O[C@]4(C)CC[C@H]5[C@H](C)CCC([C@H]2C)[C@@]35OO4)cc1. The molecule has 1 N–H and O–H groups in total. The first-order valence-electron chi connectivity index (χ1n) is 11.3. The number of ether oxygens (including phenoxy) is 3. The first kappa shape index (κ1) is 22.3. The molecule has 6 nitrogen and oxygen atoms in total. The van der Waals surface area contributed by atoms with Crippen LogP contribution in [0.5, 0.6) is 5.75 Å². The van der Waals surface area contributed by atoms with Gasteiger partial charge in [-0.15, -0.1) is 0 Å². The number of halogens is 3. The van der Waals surface area contributed by atoms with Gasteiger partial charge in [0.1, 0.15) is 5.75 Å². The second-order valence-corrected chi connectivity index (χ2v) is 9.90. The Morgan fingerprint density at radius 1 is 1.00 bits per heavy atom. The summed E-state index contributed by atoms with van der Waals surface area (Å²) in [6.45, 7) is 5.42. The summed E-state index contributed by atoms with van der Waals surface area (Å²) in [5.74, 6) is -1.74. The number of anilines is 1. The van der Waals surface area contributed by atoms with Gasteiger partial charge in [-0.3, -0.25) is 0 Å². The summed E-state index contributed by atoms with van der Waals surface area (Å²) in [5, 5.41) is 2.69. The van der Waals surface area contributed by atoms with Crippen LogP contribution in [0.3, 0.4) is 0 Å². The van der Waals surface area contributed by atoms with Gasteiger partial charge in [0.2, 0.25) is 11.5 Å². The van der Waals surface area contributed by atoms with Crippen molar-refractivity contribution in [3.05, 3.63) is 24.3 Å². The molecule has 6 rings (SSSR count). The highest BCUT2D eigenvalue weighted by atomic mass is 19.4. The normalized spacial score (nSPS) is 45.7. The van der Waals surface area contributed by atoms with Gasteiger partial charge in [-0.2, -0.15) is 13.2 Å². The molecule has 2 bridgehead atoms. The van der Waals surface area contributed by atoms with Crippen molar-refractivity contribution in [1.29, 1.82) is 0 Å².